The maximum atomic E-state index is 13.6. The molecule has 2 aromatic heterocycles. The lowest BCUT2D eigenvalue weighted by Gasteiger charge is -2.16. The van der Waals surface area contributed by atoms with Crippen LogP contribution in [0.5, 0.6) is 0 Å². The molecule has 0 fully saturated rings. The van der Waals surface area contributed by atoms with Crippen molar-refractivity contribution in [1.29, 1.82) is 0 Å². The first-order valence-corrected chi connectivity index (χ1v) is 7.07. The second kappa shape index (κ2) is 5.17. The van der Waals surface area contributed by atoms with E-state index in [0.29, 0.717) is 0 Å². The zero-order chi connectivity index (χ0) is 14.1. The fourth-order valence-corrected chi connectivity index (χ4v) is 2.82. The van der Waals surface area contributed by atoms with Gasteiger partial charge in [-0.3, -0.25) is 4.98 Å². The molecule has 1 N–H and O–H groups in total. The first kappa shape index (κ1) is 13.0. The number of pyridine rings is 1. The van der Waals surface area contributed by atoms with Crippen LogP contribution in [0.1, 0.15) is 18.5 Å². The molecular formula is C15H12F2N2S. The van der Waals surface area contributed by atoms with Crippen LogP contribution in [0.4, 0.5) is 14.5 Å². The van der Waals surface area contributed by atoms with Crippen molar-refractivity contribution in [3.05, 3.63) is 59.1 Å². The molecule has 0 spiro atoms. The fraction of sp³-hybridized carbons (Fsp3) is 0.133. The van der Waals surface area contributed by atoms with Crippen molar-refractivity contribution >= 4 is 27.2 Å². The number of nitrogens with one attached hydrogen (secondary N) is 1. The quantitative estimate of drug-likeness (QED) is 0.753. The summed E-state index contributed by atoms with van der Waals surface area (Å²) in [6.45, 7) is 1.85. The van der Waals surface area contributed by atoms with E-state index in [-0.39, 0.29) is 11.7 Å². The number of hydrogen-bond acceptors (Lipinski definition) is 3. The number of aromatic nitrogens is 1. The van der Waals surface area contributed by atoms with E-state index in [1.54, 1.807) is 17.5 Å². The Morgan fingerprint density at radius 3 is 2.70 bits per heavy atom. The summed E-state index contributed by atoms with van der Waals surface area (Å²) in [5, 5.41) is 4.83. The van der Waals surface area contributed by atoms with Gasteiger partial charge >= 0.3 is 0 Å². The Morgan fingerprint density at radius 2 is 1.95 bits per heavy atom. The number of para-hydroxylation sites is 1. The molecule has 3 aromatic rings. The van der Waals surface area contributed by atoms with Crippen molar-refractivity contribution in [2.45, 2.75) is 13.0 Å². The molecule has 1 unspecified atom stereocenters. The van der Waals surface area contributed by atoms with E-state index in [4.69, 9.17) is 0 Å². The van der Waals surface area contributed by atoms with Crippen LogP contribution in [0.25, 0.3) is 10.2 Å². The molecule has 0 saturated carbocycles. The SMILES string of the molecule is CC(Nc1c(F)cccc1F)c1cnc2ccsc2c1. The van der Waals surface area contributed by atoms with E-state index in [1.807, 2.05) is 24.4 Å². The zero-order valence-electron chi connectivity index (χ0n) is 10.7. The topological polar surface area (TPSA) is 24.9 Å². The van der Waals surface area contributed by atoms with Crippen molar-refractivity contribution in [1.82, 2.24) is 4.98 Å². The molecule has 0 aliphatic heterocycles. The van der Waals surface area contributed by atoms with Crippen LogP contribution >= 0.6 is 11.3 Å². The first-order valence-electron chi connectivity index (χ1n) is 6.19. The summed E-state index contributed by atoms with van der Waals surface area (Å²) >= 11 is 1.59. The van der Waals surface area contributed by atoms with Crippen LogP contribution in [-0.4, -0.2) is 4.98 Å². The average molecular weight is 290 g/mol. The Labute approximate surface area is 119 Å². The molecule has 0 saturated heterocycles. The molecule has 20 heavy (non-hydrogen) atoms. The predicted molar refractivity (Wildman–Crippen MR) is 78.0 cm³/mol. The molecule has 1 atom stereocenters. The molecule has 5 heteroatoms. The maximum Gasteiger partial charge on any atom is 0.149 e. The number of nitrogens with zero attached hydrogens (tertiary/aromatic N) is 1. The Bertz CT molecular complexity index is 734. The second-order valence-electron chi connectivity index (χ2n) is 4.54. The maximum absolute atomic E-state index is 13.6. The van der Waals surface area contributed by atoms with Gasteiger partial charge in [0, 0.05) is 6.20 Å². The van der Waals surface area contributed by atoms with Crippen LogP contribution in [0.15, 0.2) is 41.9 Å². The highest BCUT2D eigenvalue weighted by Crippen LogP contribution is 2.27. The molecular weight excluding hydrogens is 278 g/mol. The summed E-state index contributed by atoms with van der Waals surface area (Å²) in [6, 6.07) is 7.51. The van der Waals surface area contributed by atoms with Crippen molar-refractivity contribution in [2.75, 3.05) is 5.32 Å². The molecule has 1 aromatic carbocycles. The second-order valence-corrected chi connectivity index (χ2v) is 5.48. The Hall–Kier alpha value is -2.01. The predicted octanol–water partition coefficient (Wildman–Crippen LogP) is 4.75. The summed E-state index contributed by atoms with van der Waals surface area (Å²) in [4.78, 5) is 4.33. The van der Waals surface area contributed by atoms with Crippen molar-refractivity contribution in [2.24, 2.45) is 0 Å². The van der Waals surface area contributed by atoms with E-state index in [1.165, 1.54) is 18.2 Å². The number of fused-ring (bicyclic) bond motifs is 1. The lowest BCUT2D eigenvalue weighted by Crippen LogP contribution is -2.09. The van der Waals surface area contributed by atoms with Gasteiger partial charge in [0.25, 0.3) is 0 Å². The van der Waals surface area contributed by atoms with Gasteiger partial charge in [0.2, 0.25) is 0 Å². The molecule has 3 rings (SSSR count). The number of benzene rings is 1. The normalized spacial score (nSPS) is 12.6. The van der Waals surface area contributed by atoms with Gasteiger partial charge in [-0.05, 0) is 42.1 Å². The summed E-state index contributed by atoms with van der Waals surface area (Å²) in [7, 11) is 0. The van der Waals surface area contributed by atoms with Crippen LogP contribution in [0.2, 0.25) is 0 Å². The summed E-state index contributed by atoms with van der Waals surface area (Å²) in [5.74, 6) is -1.19. The standard InChI is InChI=1S/C15H12F2N2S/c1-9(19-15-11(16)3-2-4-12(15)17)10-7-14-13(18-8-10)5-6-20-14/h2-9,19H,1H3. The van der Waals surface area contributed by atoms with Gasteiger partial charge in [0.05, 0.1) is 16.3 Å². The molecule has 0 aliphatic carbocycles. The number of halogens is 2. The lowest BCUT2D eigenvalue weighted by molar-refractivity contribution is 0.584. The van der Waals surface area contributed by atoms with Gasteiger partial charge in [-0.15, -0.1) is 11.3 Å². The summed E-state index contributed by atoms with van der Waals surface area (Å²) in [6.07, 6.45) is 1.73. The van der Waals surface area contributed by atoms with Crippen LogP contribution in [0.3, 0.4) is 0 Å². The monoisotopic (exact) mass is 290 g/mol. The van der Waals surface area contributed by atoms with Crippen LogP contribution in [0, 0.1) is 11.6 Å². The van der Waals surface area contributed by atoms with Crippen LogP contribution < -0.4 is 5.32 Å². The van der Waals surface area contributed by atoms with Gasteiger partial charge in [-0.25, -0.2) is 8.78 Å². The molecule has 0 bridgehead atoms. The van der Waals surface area contributed by atoms with E-state index in [9.17, 15) is 8.78 Å². The summed E-state index contributed by atoms with van der Waals surface area (Å²) in [5.41, 5.74) is 1.72. The average Bonchev–Trinajstić information content (AvgIpc) is 2.90. The highest BCUT2D eigenvalue weighted by molar-refractivity contribution is 7.17. The van der Waals surface area contributed by atoms with Crippen molar-refractivity contribution in [3.8, 4) is 0 Å². The van der Waals surface area contributed by atoms with Crippen molar-refractivity contribution < 1.29 is 8.78 Å². The van der Waals surface area contributed by atoms with Gasteiger partial charge in [-0.1, -0.05) is 6.07 Å². The van der Waals surface area contributed by atoms with E-state index < -0.39 is 11.6 Å². The van der Waals surface area contributed by atoms with E-state index in [0.717, 1.165) is 15.8 Å². The Balaban J connectivity index is 1.90. The molecule has 102 valence electrons. The third-order valence-electron chi connectivity index (χ3n) is 3.15. The lowest BCUT2D eigenvalue weighted by atomic mass is 10.1. The van der Waals surface area contributed by atoms with Gasteiger partial charge in [0.15, 0.2) is 0 Å². The van der Waals surface area contributed by atoms with Crippen LogP contribution in [-0.2, 0) is 0 Å². The number of anilines is 1. The molecule has 0 radical (unpaired) electrons. The number of rotatable bonds is 3. The zero-order valence-corrected chi connectivity index (χ0v) is 11.5. The summed E-state index contributed by atoms with van der Waals surface area (Å²) < 4.78 is 28.3. The minimum Gasteiger partial charge on any atom is -0.374 e. The highest BCUT2D eigenvalue weighted by Gasteiger charge is 2.13. The molecule has 2 nitrogen and oxygen atoms in total. The smallest absolute Gasteiger partial charge is 0.149 e. The minimum absolute atomic E-state index is 0.105. The third-order valence-corrected chi connectivity index (χ3v) is 4.00. The Morgan fingerprint density at radius 1 is 1.20 bits per heavy atom. The van der Waals surface area contributed by atoms with E-state index >= 15 is 0 Å². The van der Waals surface area contributed by atoms with Gasteiger partial charge in [-0.2, -0.15) is 0 Å². The molecule has 0 amide bonds. The van der Waals surface area contributed by atoms with Gasteiger partial charge < -0.3 is 5.32 Å². The molecule has 2 heterocycles. The van der Waals surface area contributed by atoms with Crippen molar-refractivity contribution in [3.63, 3.8) is 0 Å². The van der Waals surface area contributed by atoms with Gasteiger partial charge in [0.1, 0.15) is 17.3 Å². The van der Waals surface area contributed by atoms with E-state index in [2.05, 4.69) is 10.3 Å². The minimum atomic E-state index is -0.595. The number of thiophene rings is 1. The third kappa shape index (κ3) is 2.36. The first-order chi connectivity index (χ1) is 9.65. The number of hydrogen-bond donors (Lipinski definition) is 1. The highest BCUT2D eigenvalue weighted by atomic mass is 32.1. The fourth-order valence-electron chi connectivity index (χ4n) is 2.03. The Kier molecular flexibility index (Phi) is 3.36. The largest absolute Gasteiger partial charge is 0.374 e. The molecule has 0 aliphatic rings.